The zero-order chi connectivity index (χ0) is 32.8. The van der Waals surface area contributed by atoms with Crippen LogP contribution in [0.25, 0.3) is 21.9 Å². The number of methoxy groups -OCH3 is 2. The normalized spacial score (nSPS) is 17.0. The number of pyridine rings is 2. The quantitative estimate of drug-likeness (QED) is 0.258. The molecule has 250 valence electrons. The van der Waals surface area contributed by atoms with Crippen LogP contribution in [0.2, 0.25) is 0 Å². The highest BCUT2D eigenvalue weighted by Crippen LogP contribution is 2.39. The standard InChI is InChI=1S/C36H50N4O6/c1-7-8-15-40-24-31(28-9-14-37-22-30(28)34(40)41)29-21-32(43-5)25(20-33(29)44-6)23-38-16-10-26(11-17-38)45-27-12-18-39(19-13-27)35(42)46-36(2,3)4/h9,14,20-22,24,26-27H,7-8,10-13,15-19,23H2,1-6H3. The largest absolute Gasteiger partial charge is 0.496 e. The van der Waals surface area contributed by atoms with E-state index in [1.807, 2.05) is 39.1 Å². The molecule has 46 heavy (non-hydrogen) atoms. The molecule has 5 rings (SSSR count). The summed E-state index contributed by atoms with van der Waals surface area (Å²) in [6.45, 7) is 12.4. The maximum absolute atomic E-state index is 13.2. The van der Waals surface area contributed by atoms with E-state index in [4.69, 9.17) is 18.9 Å². The Bertz CT molecular complexity index is 1550. The molecule has 4 heterocycles. The molecule has 2 aromatic heterocycles. The highest BCUT2D eigenvalue weighted by atomic mass is 16.6. The van der Waals surface area contributed by atoms with Crippen LogP contribution in [0.4, 0.5) is 4.79 Å². The fourth-order valence-electron chi connectivity index (χ4n) is 6.46. The number of rotatable bonds is 10. The van der Waals surface area contributed by atoms with Crippen LogP contribution in [0.1, 0.15) is 71.8 Å². The Morgan fingerprint density at radius 2 is 1.61 bits per heavy atom. The van der Waals surface area contributed by atoms with Crippen molar-refractivity contribution in [3.05, 3.63) is 52.7 Å². The van der Waals surface area contributed by atoms with Crippen LogP contribution in [0.3, 0.4) is 0 Å². The summed E-state index contributed by atoms with van der Waals surface area (Å²) < 4.78 is 25.7. The number of ether oxygens (including phenoxy) is 4. The van der Waals surface area contributed by atoms with Crippen molar-refractivity contribution in [2.45, 2.75) is 97.1 Å². The van der Waals surface area contributed by atoms with Gasteiger partial charge in [-0.1, -0.05) is 13.3 Å². The number of aryl methyl sites for hydroxylation is 1. The molecule has 0 unspecified atom stereocenters. The summed E-state index contributed by atoms with van der Waals surface area (Å²) in [5.41, 5.74) is 2.35. The van der Waals surface area contributed by atoms with Crippen LogP contribution in [-0.4, -0.2) is 83.7 Å². The number of hydrogen-bond donors (Lipinski definition) is 0. The van der Waals surface area contributed by atoms with Gasteiger partial charge < -0.3 is 28.4 Å². The van der Waals surface area contributed by atoms with Gasteiger partial charge in [0.2, 0.25) is 0 Å². The molecule has 0 atom stereocenters. The number of hydrogen-bond acceptors (Lipinski definition) is 8. The second-order valence-corrected chi connectivity index (χ2v) is 13.5. The Balaban J connectivity index is 1.24. The molecule has 2 aliphatic rings. The third-order valence-corrected chi connectivity index (χ3v) is 8.94. The molecule has 0 spiro atoms. The topological polar surface area (TPSA) is 95.4 Å². The van der Waals surface area contributed by atoms with E-state index < -0.39 is 5.60 Å². The van der Waals surface area contributed by atoms with Gasteiger partial charge in [0, 0.05) is 74.5 Å². The molecule has 2 aliphatic heterocycles. The Morgan fingerprint density at radius 3 is 2.24 bits per heavy atom. The number of carbonyl (C=O) groups is 1. The number of likely N-dealkylation sites (tertiary alicyclic amines) is 2. The van der Waals surface area contributed by atoms with Gasteiger partial charge in [-0.25, -0.2) is 4.79 Å². The minimum Gasteiger partial charge on any atom is -0.496 e. The van der Waals surface area contributed by atoms with E-state index in [-0.39, 0.29) is 23.9 Å². The first-order valence-electron chi connectivity index (χ1n) is 16.7. The van der Waals surface area contributed by atoms with E-state index >= 15 is 0 Å². The van der Waals surface area contributed by atoms with Crippen molar-refractivity contribution in [3.63, 3.8) is 0 Å². The molecule has 0 N–H and O–H groups in total. The van der Waals surface area contributed by atoms with E-state index in [0.717, 1.165) is 91.7 Å². The molecular formula is C36H50N4O6. The number of nitrogens with zero attached hydrogens (tertiary/aromatic N) is 4. The first kappa shape index (κ1) is 33.7. The number of piperidine rings is 2. The van der Waals surface area contributed by atoms with Gasteiger partial charge in [0.05, 0.1) is 31.8 Å². The lowest BCUT2D eigenvalue weighted by atomic mass is 9.98. The van der Waals surface area contributed by atoms with E-state index in [1.165, 1.54) is 0 Å². The average molecular weight is 635 g/mol. The molecule has 0 aliphatic carbocycles. The molecule has 0 bridgehead atoms. The highest BCUT2D eigenvalue weighted by molar-refractivity contribution is 5.97. The van der Waals surface area contributed by atoms with Crippen LogP contribution in [0.15, 0.2) is 41.6 Å². The summed E-state index contributed by atoms with van der Waals surface area (Å²) in [6.07, 6.45) is 11.0. The lowest BCUT2D eigenvalue weighted by Crippen LogP contribution is -2.45. The zero-order valence-electron chi connectivity index (χ0n) is 28.3. The van der Waals surface area contributed by atoms with Gasteiger partial charge in [-0.2, -0.15) is 0 Å². The first-order valence-corrected chi connectivity index (χ1v) is 16.7. The van der Waals surface area contributed by atoms with E-state index in [9.17, 15) is 9.59 Å². The first-order chi connectivity index (χ1) is 22.1. The van der Waals surface area contributed by atoms with Crippen LogP contribution >= 0.6 is 0 Å². The monoisotopic (exact) mass is 634 g/mol. The molecule has 2 fully saturated rings. The fraction of sp³-hybridized carbons (Fsp3) is 0.583. The lowest BCUT2D eigenvalue weighted by molar-refractivity contribution is -0.0669. The Morgan fingerprint density at radius 1 is 0.935 bits per heavy atom. The van der Waals surface area contributed by atoms with Gasteiger partial charge in [-0.15, -0.1) is 0 Å². The second kappa shape index (κ2) is 14.9. The van der Waals surface area contributed by atoms with Crippen molar-refractivity contribution in [3.8, 4) is 22.6 Å². The maximum Gasteiger partial charge on any atom is 0.410 e. The SMILES string of the molecule is CCCCn1cc(-c2cc(OC)c(CN3CCC(OC4CCN(C(=O)OC(C)(C)C)CC4)CC3)cc2OC)c2ccncc2c1=O. The smallest absolute Gasteiger partial charge is 0.410 e. The molecule has 2 saturated heterocycles. The molecule has 10 nitrogen and oxygen atoms in total. The summed E-state index contributed by atoms with van der Waals surface area (Å²) in [7, 11) is 3.39. The second-order valence-electron chi connectivity index (χ2n) is 13.5. The van der Waals surface area contributed by atoms with Crippen LogP contribution in [0.5, 0.6) is 11.5 Å². The van der Waals surface area contributed by atoms with Crippen molar-refractivity contribution in [1.82, 2.24) is 19.4 Å². The van der Waals surface area contributed by atoms with Gasteiger partial charge in [0.15, 0.2) is 0 Å². The van der Waals surface area contributed by atoms with Crippen molar-refractivity contribution in [1.29, 1.82) is 0 Å². The number of unbranched alkanes of at least 4 members (excludes halogenated alkanes) is 1. The predicted molar refractivity (Wildman–Crippen MR) is 180 cm³/mol. The molecule has 0 radical (unpaired) electrons. The van der Waals surface area contributed by atoms with Crippen LogP contribution in [0, 0.1) is 0 Å². The Labute approximate surface area is 272 Å². The van der Waals surface area contributed by atoms with E-state index in [2.05, 4.69) is 22.9 Å². The van der Waals surface area contributed by atoms with Crippen molar-refractivity contribution in [2.75, 3.05) is 40.4 Å². The number of carbonyl (C=O) groups excluding carboxylic acids is 1. The van der Waals surface area contributed by atoms with Crippen LogP contribution in [-0.2, 0) is 22.6 Å². The van der Waals surface area contributed by atoms with Crippen molar-refractivity contribution >= 4 is 16.9 Å². The minimum atomic E-state index is -0.482. The molecule has 0 saturated carbocycles. The average Bonchev–Trinajstić information content (AvgIpc) is 3.05. The number of benzene rings is 1. The van der Waals surface area contributed by atoms with E-state index in [1.54, 1.807) is 36.1 Å². The summed E-state index contributed by atoms with van der Waals surface area (Å²) >= 11 is 0. The van der Waals surface area contributed by atoms with Gasteiger partial charge in [-0.3, -0.25) is 14.7 Å². The maximum atomic E-state index is 13.2. The predicted octanol–water partition coefficient (Wildman–Crippen LogP) is 6.26. The summed E-state index contributed by atoms with van der Waals surface area (Å²) in [4.78, 5) is 34.1. The molecule has 1 amide bonds. The van der Waals surface area contributed by atoms with Gasteiger partial charge >= 0.3 is 6.09 Å². The molecular weight excluding hydrogens is 584 g/mol. The van der Waals surface area contributed by atoms with Crippen molar-refractivity contribution in [2.24, 2.45) is 0 Å². The number of amides is 1. The summed E-state index contributed by atoms with van der Waals surface area (Å²) in [5, 5.41) is 1.44. The molecule has 3 aromatic rings. The zero-order valence-corrected chi connectivity index (χ0v) is 28.3. The van der Waals surface area contributed by atoms with Crippen LogP contribution < -0.4 is 15.0 Å². The highest BCUT2D eigenvalue weighted by Gasteiger charge is 2.30. The fourth-order valence-corrected chi connectivity index (χ4v) is 6.46. The van der Waals surface area contributed by atoms with Gasteiger partial charge in [0.1, 0.15) is 17.1 Å². The summed E-state index contributed by atoms with van der Waals surface area (Å²) in [6, 6.07) is 6.01. The van der Waals surface area contributed by atoms with Crippen molar-refractivity contribution < 1.29 is 23.7 Å². The Kier molecular flexibility index (Phi) is 10.9. The third kappa shape index (κ3) is 8.01. The number of fused-ring (bicyclic) bond motifs is 1. The minimum absolute atomic E-state index is 0.0264. The third-order valence-electron chi connectivity index (χ3n) is 8.94. The van der Waals surface area contributed by atoms with Gasteiger partial charge in [-0.05, 0) is 76.5 Å². The number of aromatic nitrogens is 2. The van der Waals surface area contributed by atoms with E-state index in [0.29, 0.717) is 25.0 Å². The Hall–Kier alpha value is -3.63. The summed E-state index contributed by atoms with van der Waals surface area (Å²) in [5.74, 6) is 1.53. The molecule has 1 aromatic carbocycles. The van der Waals surface area contributed by atoms with Gasteiger partial charge in [0.25, 0.3) is 5.56 Å². The molecule has 10 heteroatoms. The lowest BCUT2D eigenvalue weighted by Gasteiger charge is -2.37.